The van der Waals surface area contributed by atoms with E-state index in [2.05, 4.69) is 0 Å². The molecular weight excluding hydrogens is 240 g/mol. The fourth-order valence-electron chi connectivity index (χ4n) is 3.63. The molecule has 2 fully saturated rings. The molecule has 2 rings (SSSR count). The summed E-state index contributed by atoms with van der Waals surface area (Å²) in [5, 5.41) is 0. The van der Waals surface area contributed by atoms with Gasteiger partial charge in [-0.2, -0.15) is 8.42 Å². The van der Waals surface area contributed by atoms with Crippen LogP contribution in [0.25, 0.3) is 0 Å². The Kier molecular flexibility index (Phi) is 2.90. The molecule has 0 radical (unpaired) electrons. The van der Waals surface area contributed by atoms with Crippen LogP contribution in [-0.2, 0) is 19.1 Å². The molecule has 2 bridgehead atoms. The minimum absolute atomic E-state index is 0.113. The molecular formula is C12H20O4S. The predicted octanol–water partition coefficient (Wildman–Crippen LogP) is 1.75. The van der Waals surface area contributed by atoms with E-state index in [4.69, 9.17) is 4.18 Å². The molecule has 0 saturated heterocycles. The minimum atomic E-state index is -3.58. The number of hydrogen-bond donors (Lipinski definition) is 0. The van der Waals surface area contributed by atoms with Crippen LogP contribution in [0.1, 0.15) is 40.0 Å². The Bertz CT molecular complexity index is 437. The first-order valence-electron chi connectivity index (χ1n) is 6.15. The molecule has 5 heteroatoms. The Morgan fingerprint density at radius 3 is 2.47 bits per heavy atom. The Morgan fingerprint density at radius 1 is 1.41 bits per heavy atom. The van der Waals surface area contributed by atoms with E-state index in [-0.39, 0.29) is 23.6 Å². The first-order valence-corrected chi connectivity index (χ1v) is 7.73. The predicted molar refractivity (Wildman–Crippen MR) is 64.0 cm³/mol. The minimum Gasteiger partial charge on any atom is -0.299 e. The summed E-state index contributed by atoms with van der Waals surface area (Å²) < 4.78 is 28.5. The van der Waals surface area contributed by atoms with Gasteiger partial charge in [-0.05, 0) is 31.1 Å². The van der Waals surface area contributed by atoms with Gasteiger partial charge in [-0.15, -0.1) is 0 Å². The monoisotopic (exact) mass is 260 g/mol. The second-order valence-corrected chi connectivity index (χ2v) is 7.41. The molecule has 0 aromatic heterocycles. The molecule has 17 heavy (non-hydrogen) atoms. The zero-order valence-corrected chi connectivity index (χ0v) is 11.5. The van der Waals surface area contributed by atoms with Crippen LogP contribution < -0.4 is 0 Å². The summed E-state index contributed by atoms with van der Waals surface area (Å²) in [6.07, 6.45) is 2.19. The van der Waals surface area contributed by atoms with E-state index in [0.717, 1.165) is 6.42 Å². The lowest BCUT2D eigenvalue weighted by Gasteiger charge is -2.35. The average molecular weight is 260 g/mol. The van der Waals surface area contributed by atoms with Crippen molar-refractivity contribution in [2.75, 3.05) is 12.4 Å². The molecule has 0 N–H and O–H groups in total. The first-order chi connectivity index (χ1) is 7.75. The lowest BCUT2D eigenvalue weighted by molar-refractivity contribution is -0.128. The fraction of sp³-hybridized carbons (Fsp3) is 0.917. The fourth-order valence-corrected chi connectivity index (χ4v) is 5.35. The van der Waals surface area contributed by atoms with Crippen molar-refractivity contribution in [3.63, 3.8) is 0 Å². The topological polar surface area (TPSA) is 60.4 Å². The molecule has 0 heterocycles. The highest BCUT2D eigenvalue weighted by Gasteiger charge is 2.65. The quantitative estimate of drug-likeness (QED) is 0.722. The normalized spacial score (nSPS) is 35.5. The molecule has 2 unspecified atom stereocenters. The first kappa shape index (κ1) is 13.0. The van der Waals surface area contributed by atoms with Crippen molar-refractivity contribution in [2.45, 2.75) is 40.0 Å². The van der Waals surface area contributed by atoms with Crippen LogP contribution in [0.4, 0.5) is 0 Å². The van der Waals surface area contributed by atoms with Gasteiger partial charge in [0.1, 0.15) is 5.78 Å². The highest BCUT2D eigenvalue weighted by molar-refractivity contribution is 7.86. The van der Waals surface area contributed by atoms with Gasteiger partial charge in [0.15, 0.2) is 0 Å². The van der Waals surface area contributed by atoms with Gasteiger partial charge in [-0.25, -0.2) is 0 Å². The van der Waals surface area contributed by atoms with Crippen molar-refractivity contribution in [3.05, 3.63) is 0 Å². The summed E-state index contributed by atoms with van der Waals surface area (Å²) in [5.41, 5.74) is -0.917. The van der Waals surface area contributed by atoms with Gasteiger partial charge in [0.2, 0.25) is 0 Å². The summed E-state index contributed by atoms with van der Waals surface area (Å²) in [7, 11) is -3.58. The molecule has 0 aliphatic heterocycles. The van der Waals surface area contributed by atoms with E-state index in [1.807, 2.05) is 13.8 Å². The van der Waals surface area contributed by atoms with Crippen LogP contribution in [0, 0.1) is 16.7 Å². The third kappa shape index (κ3) is 1.74. The number of fused-ring (bicyclic) bond motifs is 2. The second-order valence-electron chi connectivity index (χ2n) is 5.78. The molecule has 0 amide bonds. The molecule has 2 aliphatic rings. The van der Waals surface area contributed by atoms with Gasteiger partial charge in [0, 0.05) is 6.42 Å². The van der Waals surface area contributed by atoms with Crippen LogP contribution in [0.2, 0.25) is 0 Å². The summed E-state index contributed by atoms with van der Waals surface area (Å²) in [4.78, 5) is 12.1. The number of rotatable bonds is 4. The molecule has 4 nitrogen and oxygen atoms in total. The zero-order chi connectivity index (χ0) is 12.9. The van der Waals surface area contributed by atoms with Gasteiger partial charge in [-0.3, -0.25) is 8.98 Å². The summed E-state index contributed by atoms with van der Waals surface area (Å²) in [6.45, 7) is 5.83. The maximum absolute atomic E-state index is 12.1. The molecule has 0 aromatic carbocycles. The number of carbonyl (C=O) groups excluding carboxylic acids is 1. The molecule has 2 saturated carbocycles. The number of carbonyl (C=O) groups is 1. The SMILES string of the molecule is CCOS(=O)(=O)CC12CCC(CC1=O)C2(C)C. The molecule has 2 aliphatic carbocycles. The number of hydrogen-bond acceptors (Lipinski definition) is 4. The standard InChI is InChI=1S/C12H20O4S/c1-4-16-17(14,15)8-12-6-5-9(7-10(12)13)11(12,2)3/h9H,4-8H2,1-3H3. The number of Topliss-reactive ketones (excluding diaryl/α,β-unsaturated/α-hetero) is 1. The van der Waals surface area contributed by atoms with E-state index in [1.54, 1.807) is 6.92 Å². The molecule has 2 atom stereocenters. The van der Waals surface area contributed by atoms with E-state index < -0.39 is 15.5 Å². The number of ketones is 1. The van der Waals surface area contributed by atoms with Gasteiger partial charge in [-0.1, -0.05) is 13.8 Å². The van der Waals surface area contributed by atoms with Crippen LogP contribution in [0.3, 0.4) is 0 Å². The maximum Gasteiger partial charge on any atom is 0.268 e. The van der Waals surface area contributed by atoms with Crippen molar-refractivity contribution in [1.29, 1.82) is 0 Å². The zero-order valence-electron chi connectivity index (χ0n) is 10.7. The van der Waals surface area contributed by atoms with E-state index in [1.165, 1.54) is 0 Å². The average Bonchev–Trinajstić information content (AvgIpc) is 2.50. The molecule has 98 valence electrons. The summed E-state index contributed by atoms with van der Waals surface area (Å²) in [5.74, 6) is 0.310. The van der Waals surface area contributed by atoms with Gasteiger partial charge < -0.3 is 0 Å². The van der Waals surface area contributed by atoms with Crippen molar-refractivity contribution in [1.82, 2.24) is 0 Å². The third-order valence-corrected chi connectivity index (χ3v) is 6.30. The Balaban J connectivity index is 2.33. The maximum atomic E-state index is 12.1. The largest absolute Gasteiger partial charge is 0.299 e. The van der Waals surface area contributed by atoms with Crippen LogP contribution >= 0.6 is 0 Å². The third-order valence-electron chi connectivity index (χ3n) is 4.86. The molecule has 0 spiro atoms. The smallest absolute Gasteiger partial charge is 0.268 e. The van der Waals surface area contributed by atoms with Crippen molar-refractivity contribution in [3.8, 4) is 0 Å². The van der Waals surface area contributed by atoms with Crippen molar-refractivity contribution < 1.29 is 17.4 Å². The van der Waals surface area contributed by atoms with Crippen LogP contribution in [0.5, 0.6) is 0 Å². The summed E-state index contributed by atoms with van der Waals surface area (Å²) in [6, 6.07) is 0. The van der Waals surface area contributed by atoms with E-state index in [0.29, 0.717) is 18.8 Å². The second kappa shape index (κ2) is 3.79. The Hall–Kier alpha value is -0.420. The Morgan fingerprint density at radius 2 is 2.06 bits per heavy atom. The Labute approximate surface area is 103 Å². The van der Waals surface area contributed by atoms with Gasteiger partial charge in [0.25, 0.3) is 10.1 Å². The highest BCUT2D eigenvalue weighted by Crippen LogP contribution is 2.64. The van der Waals surface area contributed by atoms with E-state index in [9.17, 15) is 13.2 Å². The highest BCUT2D eigenvalue weighted by atomic mass is 32.2. The van der Waals surface area contributed by atoms with Crippen LogP contribution in [-0.4, -0.2) is 26.6 Å². The van der Waals surface area contributed by atoms with Gasteiger partial charge >= 0.3 is 0 Å². The van der Waals surface area contributed by atoms with Gasteiger partial charge in [0.05, 0.1) is 17.8 Å². The van der Waals surface area contributed by atoms with Crippen molar-refractivity contribution in [2.24, 2.45) is 16.7 Å². The lowest BCUT2D eigenvalue weighted by Crippen LogP contribution is -2.42. The van der Waals surface area contributed by atoms with Crippen LogP contribution in [0.15, 0.2) is 0 Å². The van der Waals surface area contributed by atoms with Crippen molar-refractivity contribution >= 4 is 15.9 Å². The van der Waals surface area contributed by atoms with E-state index >= 15 is 0 Å². The lowest BCUT2D eigenvalue weighted by atomic mass is 9.70. The summed E-state index contributed by atoms with van der Waals surface area (Å²) >= 11 is 0. The molecule has 0 aromatic rings.